The third kappa shape index (κ3) is 4.70. The van der Waals surface area contributed by atoms with Gasteiger partial charge in [-0.25, -0.2) is 9.78 Å². The number of anilines is 1. The zero-order chi connectivity index (χ0) is 19.2. The number of hydrogen-bond donors (Lipinski definition) is 1. The largest absolute Gasteiger partial charge is 0.465 e. The highest BCUT2D eigenvalue weighted by Gasteiger charge is 2.09. The molecule has 0 unspecified atom stereocenters. The highest BCUT2D eigenvalue weighted by molar-refractivity contribution is 6.04. The molecule has 3 rings (SSSR count). The average Bonchev–Trinajstić information content (AvgIpc) is 2.70. The molecule has 27 heavy (non-hydrogen) atoms. The Kier molecular flexibility index (Phi) is 5.47. The Morgan fingerprint density at radius 2 is 1.56 bits per heavy atom. The van der Waals surface area contributed by atoms with Crippen molar-refractivity contribution in [2.45, 2.75) is 6.92 Å². The van der Waals surface area contributed by atoms with Crippen LogP contribution in [-0.4, -0.2) is 24.0 Å². The van der Waals surface area contributed by atoms with Crippen molar-refractivity contribution in [1.29, 1.82) is 0 Å². The van der Waals surface area contributed by atoms with Crippen LogP contribution in [-0.2, 0) is 4.74 Å². The van der Waals surface area contributed by atoms with Gasteiger partial charge in [-0.1, -0.05) is 17.7 Å². The van der Waals surface area contributed by atoms with Crippen molar-refractivity contribution in [3.8, 4) is 11.6 Å². The Bertz CT molecular complexity index is 933. The summed E-state index contributed by atoms with van der Waals surface area (Å²) in [6.45, 7) is 2.00. The number of amides is 1. The third-order valence-corrected chi connectivity index (χ3v) is 3.81. The minimum Gasteiger partial charge on any atom is -0.465 e. The fourth-order valence-corrected chi connectivity index (χ4v) is 2.32. The molecule has 1 aromatic heterocycles. The molecule has 0 bridgehead atoms. The Labute approximate surface area is 156 Å². The zero-order valence-corrected chi connectivity index (χ0v) is 14.9. The highest BCUT2D eigenvalue weighted by Crippen LogP contribution is 2.21. The number of aryl methyl sites for hydroxylation is 1. The van der Waals surface area contributed by atoms with Crippen molar-refractivity contribution in [2.24, 2.45) is 0 Å². The molecule has 3 aromatic rings. The molecule has 0 saturated heterocycles. The number of carbonyl (C=O) groups excluding carboxylic acids is 2. The summed E-state index contributed by atoms with van der Waals surface area (Å²) in [5.74, 6) is 0.366. The van der Waals surface area contributed by atoms with Crippen molar-refractivity contribution >= 4 is 17.6 Å². The summed E-state index contributed by atoms with van der Waals surface area (Å²) in [6, 6.07) is 17.2. The van der Waals surface area contributed by atoms with Gasteiger partial charge >= 0.3 is 5.97 Å². The SMILES string of the molecule is COC(=O)c1ccc(C(=O)Nc2ccc(Oc3ccc(C)cc3)nc2)cc1. The molecule has 0 fully saturated rings. The van der Waals surface area contributed by atoms with Gasteiger partial charge in [-0.3, -0.25) is 4.79 Å². The quantitative estimate of drug-likeness (QED) is 0.688. The summed E-state index contributed by atoms with van der Waals surface area (Å²) in [4.78, 5) is 27.9. The van der Waals surface area contributed by atoms with Crippen molar-refractivity contribution in [3.05, 3.63) is 83.6 Å². The lowest BCUT2D eigenvalue weighted by Crippen LogP contribution is -2.12. The predicted molar refractivity (Wildman–Crippen MR) is 101 cm³/mol. The van der Waals surface area contributed by atoms with E-state index >= 15 is 0 Å². The minimum atomic E-state index is -0.449. The monoisotopic (exact) mass is 362 g/mol. The van der Waals surface area contributed by atoms with E-state index in [1.165, 1.54) is 25.4 Å². The lowest BCUT2D eigenvalue weighted by molar-refractivity contribution is 0.0600. The van der Waals surface area contributed by atoms with E-state index in [0.717, 1.165) is 5.56 Å². The van der Waals surface area contributed by atoms with E-state index in [1.807, 2.05) is 31.2 Å². The van der Waals surface area contributed by atoms with Crippen LogP contribution in [0.4, 0.5) is 5.69 Å². The second kappa shape index (κ2) is 8.14. The number of methoxy groups -OCH3 is 1. The molecular weight excluding hydrogens is 344 g/mol. The maximum atomic E-state index is 12.3. The zero-order valence-electron chi connectivity index (χ0n) is 14.9. The molecule has 1 N–H and O–H groups in total. The summed E-state index contributed by atoms with van der Waals surface area (Å²) in [5, 5.41) is 2.75. The minimum absolute atomic E-state index is 0.305. The van der Waals surface area contributed by atoms with Gasteiger partial charge in [-0.15, -0.1) is 0 Å². The fraction of sp³-hybridized carbons (Fsp3) is 0.0952. The van der Waals surface area contributed by atoms with Gasteiger partial charge in [0.2, 0.25) is 5.88 Å². The van der Waals surface area contributed by atoms with Crippen LogP contribution >= 0.6 is 0 Å². The van der Waals surface area contributed by atoms with Gasteiger partial charge in [0.1, 0.15) is 5.75 Å². The molecule has 1 amide bonds. The molecule has 0 saturated carbocycles. The van der Waals surface area contributed by atoms with E-state index in [-0.39, 0.29) is 5.91 Å². The number of ether oxygens (including phenoxy) is 2. The number of rotatable bonds is 5. The first-order valence-corrected chi connectivity index (χ1v) is 8.25. The van der Waals surface area contributed by atoms with Gasteiger partial charge in [-0.05, 0) is 49.4 Å². The number of benzene rings is 2. The van der Waals surface area contributed by atoms with Crippen LogP contribution < -0.4 is 10.1 Å². The topological polar surface area (TPSA) is 77.5 Å². The summed E-state index contributed by atoms with van der Waals surface area (Å²) in [5.41, 5.74) is 2.48. The van der Waals surface area contributed by atoms with E-state index in [4.69, 9.17) is 4.74 Å². The van der Waals surface area contributed by atoms with E-state index in [2.05, 4.69) is 15.0 Å². The number of carbonyl (C=O) groups is 2. The van der Waals surface area contributed by atoms with Gasteiger partial charge in [0.15, 0.2) is 0 Å². The van der Waals surface area contributed by atoms with Gasteiger partial charge in [0.05, 0.1) is 24.6 Å². The normalized spacial score (nSPS) is 10.1. The number of nitrogens with zero attached hydrogens (tertiary/aromatic N) is 1. The molecule has 6 heteroatoms. The highest BCUT2D eigenvalue weighted by atomic mass is 16.5. The first-order chi connectivity index (χ1) is 13.0. The maximum Gasteiger partial charge on any atom is 0.337 e. The second-order valence-electron chi connectivity index (χ2n) is 5.82. The standard InChI is InChI=1S/C21H18N2O4/c1-14-3-10-18(11-4-14)27-19-12-9-17(13-22-19)23-20(24)15-5-7-16(8-6-15)21(25)26-2/h3-13H,1-2H3,(H,23,24). The molecule has 0 aliphatic carbocycles. The van der Waals surface area contributed by atoms with Gasteiger partial charge in [0.25, 0.3) is 5.91 Å². The molecule has 0 radical (unpaired) electrons. The summed E-state index contributed by atoms with van der Waals surface area (Å²) in [6.07, 6.45) is 1.52. The molecule has 1 heterocycles. The Balaban J connectivity index is 1.62. The van der Waals surface area contributed by atoms with Gasteiger partial charge in [-0.2, -0.15) is 0 Å². The van der Waals surface area contributed by atoms with Crippen molar-refractivity contribution in [3.63, 3.8) is 0 Å². The lowest BCUT2D eigenvalue weighted by Gasteiger charge is -2.08. The van der Waals surface area contributed by atoms with E-state index < -0.39 is 5.97 Å². The number of hydrogen-bond acceptors (Lipinski definition) is 5. The molecule has 136 valence electrons. The maximum absolute atomic E-state index is 12.3. The van der Waals surface area contributed by atoms with E-state index in [0.29, 0.717) is 28.4 Å². The number of pyridine rings is 1. The Hall–Kier alpha value is -3.67. The van der Waals surface area contributed by atoms with Crippen LogP contribution in [0.1, 0.15) is 26.3 Å². The Morgan fingerprint density at radius 1 is 0.889 bits per heavy atom. The van der Waals surface area contributed by atoms with Gasteiger partial charge < -0.3 is 14.8 Å². The molecule has 0 spiro atoms. The van der Waals surface area contributed by atoms with Crippen LogP contribution in [0.2, 0.25) is 0 Å². The van der Waals surface area contributed by atoms with Crippen molar-refractivity contribution < 1.29 is 19.1 Å². The molecule has 0 atom stereocenters. The van der Waals surface area contributed by atoms with Crippen LogP contribution in [0.25, 0.3) is 0 Å². The number of aromatic nitrogens is 1. The smallest absolute Gasteiger partial charge is 0.337 e. The second-order valence-corrected chi connectivity index (χ2v) is 5.82. The van der Waals surface area contributed by atoms with Crippen LogP contribution in [0, 0.1) is 6.92 Å². The summed E-state index contributed by atoms with van der Waals surface area (Å²) < 4.78 is 10.3. The number of esters is 1. The van der Waals surface area contributed by atoms with Crippen molar-refractivity contribution in [2.75, 3.05) is 12.4 Å². The lowest BCUT2D eigenvalue weighted by atomic mass is 10.1. The van der Waals surface area contributed by atoms with E-state index in [9.17, 15) is 9.59 Å². The molecule has 6 nitrogen and oxygen atoms in total. The number of nitrogens with one attached hydrogen (secondary N) is 1. The molecule has 0 aliphatic rings. The average molecular weight is 362 g/mol. The summed E-state index contributed by atoms with van der Waals surface area (Å²) in [7, 11) is 1.31. The van der Waals surface area contributed by atoms with Gasteiger partial charge in [0, 0.05) is 11.6 Å². The Morgan fingerprint density at radius 3 is 2.15 bits per heavy atom. The first kappa shape index (κ1) is 18.1. The molecule has 0 aliphatic heterocycles. The first-order valence-electron chi connectivity index (χ1n) is 8.25. The van der Waals surface area contributed by atoms with Crippen LogP contribution in [0.5, 0.6) is 11.6 Å². The van der Waals surface area contributed by atoms with Crippen LogP contribution in [0.15, 0.2) is 66.9 Å². The summed E-state index contributed by atoms with van der Waals surface area (Å²) >= 11 is 0. The van der Waals surface area contributed by atoms with E-state index in [1.54, 1.807) is 24.3 Å². The fourth-order valence-electron chi connectivity index (χ4n) is 2.32. The molecule has 2 aromatic carbocycles. The predicted octanol–water partition coefficient (Wildman–Crippen LogP) is 4.22. The molecular formula is C21H18N2O4. The van der Waals surface area contributed by atoms with Crippen LogP contribution in [0.3, 0.4) is 0 Å². The van der Waals surface area contributed by atoms with Crippen molar-refractivity contribution in [1.82, 2.24) is 4.98 Å². The third-order valence-electron chi connectivity index (χ3n) is 3.81.